The van der Waals surface area contributed by atoms with E-state index in [0.717, 1.165) is 17.1 Å². The van der Waals surface area contributed by atoms with Gasteiger partial charge in [0.1, 0.15) is 5.00 Å². The van der Waals surface area contributed by atoms with Crippen LogP contribution < -0.4 is 5.73 Å². The molecule has 0 bridgehead atoms. The molecule has 0 saturated heterocycles. The van der Waals surface area contributed by atoms with Crippen LogP contribution in [0, 0.1) is 0 Å². The molecule has 3 nitrogen and oxygen atoms in total. The van der Waals surface area contributed by atoms with Crippen molar-refractivity contribution < 1.29 is 0 Å². The number of hydrogen-bond acceptors (Lipinski definition) is 4. The summed E-state index contributed by atoms with van der Waals surface area (Å²) in [4.78, 5) is 2.07. The predicted octanol–water partition coefficient (Wildman–Crippen LogP) is 0.787. The van der Waals surface area contributed by atoms with Crippen LogP contribution in [0.5, 0.6) is 0 Å². The maximum atomic E-state index is 5.62. The first kappa shape index (κ1) is 7.50. The van der Waals surface area contributed by atoms with Crippen molar-refractivity contribution in [3.63, 3.8) is 0 Å². The molecule has 0 aliphatic heterocycles. The van der Waals surface area contributed by atoms with E-state index in [1.807, 2.05) is 20.3 Å². The van der Waals surface area contributed by atoms with Gasteiger partial charge in [-0.15, -0.1) is 0 Å². The summed E-state index contributed by atoms with van der Waals surface area (Å²) >= 11 is 1.35. The first-order valence-electron chi connectivity index (χ1n) is 3.04. The smallest absolute Gasteiger partial charge is 0.111 e. The monoisotopic (exact) mass is 157 g/mol. The second-order valence-corrected chi connectivity index (χ2v) is 3.29. The molecule has 0 amide bonds. The summed E-state index contributed by atoms with van der Waals surface area (Å²) in [6.45, 7) is 0.877. The zero-order chi connectivity index (χ0) is 7.56. The van der Waals surface area contributed by atoms with Crippen LogP contribution in [0.1, 0.15) is 5.56 Å². The van der Waals surface area contributed by atoms with Crippen molar-refractivity contribution in [1.82, 2.24) is 9.27 Å². The van der Waals surface area contributed by atoms with Crippen molar-refractivity contribution in [2.24, 2.45) is 0 Å². The van der Waals surface area contributed by atoms with Gasteiger partial charge in [0.2, 0.25) is 0 Å². The molecular weight excluding hydrogens is 146 g/mol. The molecule has 10 heavy (non-hydrogen) atoms. The Labute approximate surface area is 64.6 Å². The third kappa shape index (κ3) is 1.68. The van der Waals surface area contributed by atoms with Gasteiger partial charge in [0.05, 0.1) is 0 Å². The van der Waals surface area contributed by atoms with Crippen LogP contribution in [-0.2, 0) is 6.54 Å². The van der Waals surface area contributed by atoms with E-state index in [9.17, 15) is 0 Å². The van der Waals surface area contributed by atoms with E-state index in [4.69, 9.17) is 5.73 Å². The van der Waals surface area contributed by atoms with E-state index in [-0.39, 0.29) is 0 Å². The van der Waals surface area contributed by atoms with Gasteiger partial charge in [0.15, 0.2) is 0 Å². The molecule has 1 aromatic rings. The molecule has 0 fully saturated rings. The Kier molecular flexibility index (Phi) is 2.24. The van der Waals surface area contributed by atoms with E-state index in [0.29, 0.717) is 0 Å². The highest BCUT2D eigenvalue weighted by molar-refractivity contribution is 7.10. The van der Waals surface area contributed by atoms with Gasteiger partial charge in [-0.1, -0.05) is 0 Å². The number of aromatic nitrogens is 1. The maximum Gasteiger partial charge on any atom is 0.111 e. The molecule has 0 atom stereocenters. The lowest BCUT2D eigenvalue weighted by Crippen LogP contribution is -2.10. The van der Waals surface area contributed by atoms with Crippen molar-refractivity contribution in [1.29, 1.82) is 0 Å². The van der Waals surface area contributed by atoms with Crippen LogP contribution in [0.2, 0.25) is 0 Å². The van der Waals surface area contributed by atoms with E-state index >= 15 is 0 Å². The second-order valence-electron chi connectivity index (χ2n) is 2.45. The molecule has 0 aromatic carbocycles. The summed E-state index contributed by atoms with van der Waals surface area (Å²) in [6, 6.07) is 0. The largest absolute Gasteiger partial charge is 0.389 e. The van der Waals surface area contributed by atoms with Gasteiger partial charge in [-0.25, -0.2) is 0 Å². The van der Waals surface area contributed by atoms with E-state index in [1.54, 1.807) is 0 Å². The summed E-state index contributed by atoms with van der Waals surface area (Å²) in [7, 11) is 4.02. The zero-order valence-electron chi connectivity index (χ0n) is 6.16. The van der Waals surface area contributed by atoms with Gasteiger partial charge >= 0.3 is 0 Å². The molecule has 4 heteroatoms. The van der Waals surface area contributed by atoms with Crippen molar-refractivity contribution in [3.05, 3.63) is 11.8 Å². The highest BCUT2D eigenvalue weighted by Gasteiger charge is 2.01. The van der Waals surface area contributed by atoms with Gasteiger partial charge in [-0.3, -0.25) is 0 Å². The topological polar surface area (TPSA) is 42.2 Å². The standard InChI is InChI=1S/C6H11N3S/c1-9(2)4-5-3-8-10-6(5)7/h3H,4,7H2,1-2H3. The fourth-order valence-corrected chi connectivity index (χ4v) is 1.26. The number of nitrogens with zero attached hydrogens (tertiary/aromatic N) is 2. The lowest BCUT2D eigenvalue weighted by Gasteiger charge is -2.06. The first-order chi connectivity index (χ1) is 4.70. The van der Waals surface area contributed by atoms with Crippen LogP contribution in [0.25, 0.3) is 0 Å². The molecule has 0 unspecified atom stereocenters. The Morgan fingerprint density at radius 1 is 1.70 bits per heavy atom. The number of nitrogens with two attached hydrogens (primary N) is 1. The minimum absolute atomic E-state index is 0.828. The molecule has 2 N–H and O–H groups in total. The van der Waals surface area contributed by atoms with Gasteiger partial charge in [0.25, 0.3) is 0 Å². The van der Waals surface area contributed by atoms with Crippen molar-refractivity contribution >= 4 is 16.5 Å². The SMILES string of the molecule is CN(C)Cc1cnsc1N. The van der Waals surface area contributed by atoms with Gasteiger partial charge in [0, 0.05) is 18.3 Å². The minimum Gasteiger partial charge on any atom is -0.389 e. The summed E-state index contributed by atoms with van der Waals surface area (Å²) in [6.07, 6.45) is 1.82. The third-order valence-electron chi connectivity index (χ3n) is 1.16. The number of hydrogen-bond donors (Lipinski definition) is 1. The van der Waals surface area contributed by atoms with Gasteiger partial charge in [-0.2, -0.15) is 4.37 Å². The molecule has 1 rings (SSSR count). The highest BCUT2D eigenvalue weighted by Crippen LogP contribution is 2.16. The fourth-order valence-electron chi connectivity index (χ4n) is 0.728. The molecular formula is C6H11N3S. The molecule has 0 aliphatic rings. The Morgan fingerprint density at radius 3 is 2.80 bits per heavy atom. The lowest BCUT2D eigenvalue weighted by molar-refractivity contribution is 0.403. The fraction of sp³-hybridized carbons (Fsp3) is 0.500. The van der Waals surface area contributed by atoms with E-state index < -0.39 is 0 Å². The molecule has 0 aliphatic carbocycles. The molecule has 0 saturated carbocycles. The Bertz CT molecular complexity index is 207. The lowest BCUT2D eigenvalue weighted by atomic mass is 10.3. The first-order valence-corrected chi connectivity index (χ1v) is 3.81. The zero-order valence-corrected chi connectivity index (χ0v) is 6.98. The van der Waals surface area contributed by atoms with Crippen LogP contribution in [-0.4, -0.2) is 23.4 Å². The summed E-state index contributed by atoms with van der Waals surface area (Å²) < 4.78 is 3.96. The predicted molar refractivity (Wildman–Crippen MR) is 43.9 cm³/mol. The average molecular weight is 157 g/mol. The minimum atomic E-state index is 0.828. The molecule has 0 radical (unpaired) electrons. The van der Waals surface area contributed by atoms with Gasteiger partial charge < -0.3 is 10.6 Å². The van der Waals surface area contributed by atoms with E-state index in [2.05, 4.69) is 9.27 Å². The maximum absolute atomic E-state index is 5.62. The third-order valence-corrected chi connectivity index (χ3v) is 1.83. The molecule has 0 spiro atoms. The number of anilines is 1. The van der Waals surface area contributed by atoms with Crippen molar-refractivity contribution in [3.8, 4) is 0 Å². The summed E-state index contributed by atoms with van der Waals surface area (Å²) in [5.41, 5.74) is 6.74. The van der Waals surface area contributed by atoms with Crippen LogP contribution >= 0.6 is 11.5 Å². The molecule has 1 heterocycles. The van der Waals surface area contributed by atoms with Crippen molar-refractivity contribution in [2.45, 2.75) is 6.54 Å². The second kappa shape index (κ2) is 2.98. The Balaban J connectivity index is 2.65. The summed E-state index contributed by atoms with van der Waals surface area (Å²) in [5.74, 6) is 0. The van der Waals surface area contributed by atoms with Gasteiger partial charge in [-0.05, 0) is 25.6 Å². The number of nitrogen functional groups attached to an aromatic ring is 1. The quantitative estimate of drug-likeness (QED) is 0.690. The van der Waals surface area contributed by atoms with E-state index in [1.165, 1.54) is 11.5 Å². The Hall–Kier alpha value is -0.610. The van der Waals surface area contributed by atoms with Crippen LogP contribution in [0.15, 0.2) is 6.20 Å². The normalized spacial score (nSPS) is 10.7. The molecule has 1 aromatic heterocycles. The average Bonchev–Trinajstić information content (AvgIpc) is 2.15. The number of rotatable bonds is 2. The summed E-state index contributed by atoms with van der Waals surface area (Å²) in [5, 5.41) is 0.828. The van der Waals surface area contributed by atoms with Crippen molar-refractivity contribution in [2.75, 3.05) is 19.8 Å². The van der Waals surface area contributed by atoms with Crippen LogP contribution in [0.4, 0.5) is 5.00 Å². The Morgan fingerprint density at radius 2 is 2.40 bits per heavy atom. The van der Waals surface area contributed by atoms with Crippen LogP contribution in [0.3, 0.4) is 0 Å². The molecule has 56 valence electrons. The highest BCUT2D eigenvalue weighted by atomic mass is 32.1.